The second-order valence-corrected chi connectivity index (χ2v) is 4.69. The average molecular weight is 285 g/mol. The van der Waals surface area contributed by atoms with Gasteiger partial charge < -0.3 is 9.44 Å². The van der Waals surface area contributed by atoms with Gasteiger partial charge in [-0.05, 0) is 24.3 Å². The van der Waals surface area contributed by atoms with Crippen LogP contribution in [-0.2, 0) is 0 Å². The van der Waals surface area contributed by atoms with Gasteiger partial charge in [0.25, 0.3) is 0 Å². The summed E-state index contributed by atoms with van der Waals surface area (Å²) in [6.07, 6.45) is 0. The zero-order chi connectivity index (χ0) is 12.1. The SMILES string of the molecule is Clc1ccccc1NSNc1ccccc1Cl. The largest absolute Gasteiger partial charge is 0.311 e. The normalized spacial score (nSPS) is 10.0. The van der Waals surface area contributed by atoms with Gasteiger partial charge in [0.05, 0.1) is 33.6 Å². The van der Waals surface area contributed by atoms with Crippen LogP contribution < -0.4 is 9.44 Å². The summed E-state index contributed by atoms with van der Waals surface area (Å²) in [6.45, 7) is 0. The van der Waals surface area contributed by atoms with E-state index in [0.29, 0.717) is 10.0 Å². The van der Waals surface area contributed by atoms with E-state index in [1.54, 1.807) is 0 Å². The molecule has 88 valence electrons. The minimum atomic E-state index is 0.681. The van der Waals surface area contributed by atoms with Crippen molar-refractivity contribution in [2.45, 2.75) is 0 Å². The molecule has 0 radical (unpaired) electrons. The molecular weight excluding hydrogens is 275 g/mol. The summed E-state index contributed by atoms with van der Waals surface area (Å²) in [4.78, 5) is 0. The Morgan fingerprint density at radius 3 is 1.53 bits per heavy atom. The zero-order valence-corrected chi connectivity index (χ0v) is 11.1. The van der Waals surface area contributed by atoms with Crippen LogP contribution in [0.25, 0.3) is 0 Å². The fourth-order valence-corrected chi connectivity index (χ4v) is 2.33. The lowest BCUT2D eigenvalue weighted by Crippen LogP contribution is -1.95. The van der Waals surface area contributed by atoms with Crippen LogP contribution in [0.4, 0.5) is 11.4 Å². The molecule has 0 amide bonds. The molecule has 2 aromatic rings. The predicted octanol–water partition coefficient (Wildman–Crippen LogP) is 5.08. The van der Waals surface area contributed by atoms with Crippen molar-refractivity contribution in [3.8, 4) is 0 Å². The Hall–Kier alpha value is -1.03. The first kappa shape index (κ1) is 12.4. The fraction of sp³-hybridized carbons (Fsp3) is 0. The summed E-state index contributed by atoms with van der Waals surface area (Å²) < 4.78 is 6.21. The highest BCUT2D eigenvalue weighted by atomic mass is 35.5. The number of hydrogen-bond acceptors (Lipinski definition) is 3. The first-order valence-electron chi connectivity index (χ1n) is 4.94. The summed E-state index contributed by atoms with van der Waals surface area (Å²) in [5.74, 6) is 0. The van der Waals surface area contributed by atoms with Crippen molar-refractivity contribution in [1.82, 2.24) is 0 Å². The van der Waals surface area contributed by atoms with E-state index >= 15 is 0 Å². The lowest BCUT2D eigenvalue weighted by Gasteiger charge is -2.09. The summed E-state index contributed by atoms with van der Waals surface area (Å²) in [7, 11) is 0. The zero-order valence-electron chi connectivity index (χ0n) is 8.78. The molecule has 0 aliphatic carbocycles. The Balaban J connectivity index is 1.93. The van der Waals surface area contributed by atoms with Gasteiger partial charge in [0.2, 0.25) is 0 Å². The third kappa shape index (κ3) is 3.46. The first-order valence-corrected chi connectivity index (χ1v) is 6.51. The average Bonchev–Trinajstić information content (AvgIpc) is 2.34. The van der Waals surface area contributed by atoms with Crippen LogP contribution in [0.15, 0.2) is 48.5 Å². The van der Waals surface area contributed by atoms with Crippen LogP contribution in [0.3, 0.4) is 0 Å². The number of hydrogen-bond donors (Lipinski definition) is 2. The Bertz CT molecular complexity index is 460. The summed E-state index contributed by atoms with van der Waals surface area (Å²) in [5, 5.41) is 1.36. The van der Waals surface area contributed by atoms with Gasteiger partial charge in [-0.2, -0.15) is 0 Å². The van der Waals surface area contributed by atoms with Gasteiger partial charge in [-0.3, -0.25) is 0 Å². The van der Waals surface area contributed by atoms with Crippen LogP contribution in [0.1, 0.15) is 0 Å². The maximum absolute atomic E-state index is 6.01. The van der Waals surface area contributed by atoms with Crippen molar-refractivity contribution in [2.75, 3.05) is 9.44 Å². The number of para-hydroxylation sites is 2. The maximum atomic E-state index is 6.01. The monoisotopic (exact) mass is 284 g/mol. The molecule has 0 aromatic heterocycles. The Morgan fingerprint density at radius 1 is 0.706 bits per heavy atom. The number of nitrogens with one attached hydrogen (secondary N) is 2. The van der Waals surface area contributed by atoms with Gasteiger partial charge in [-0.25, -0.2) is 0 Å². The van der Waals surface area contributed by atoms with Gasteiger partial charge in [-0.15, -0.1) is 0 Å². The summed E-state index contributed by atoms with van der Waals surface area (Å²) in [6, 6.07) is 15.1. The van der Waals surface area contributed by atoms with Crippen LogP contribution in [-0.4, -0.2) is 0 Å². The molecule has 0 aliphatic rings. The molecule has 2 N–H and O–H groups in total. The van der Waals surface area contributed by atoms with Crippen molar-refractivity contribution >= 4 is 46.7 Å². The quantitative estimate of drug-likeness (QED) is 0.766. The second-order valence-electron chi connectivity index (χ2n) is 3.27. The Morgan fingerprint density at radius 2 is 1.12 bits per heavy atom. The fourth-order valence-electron chi connectivity index (χ4n) is 1.22. The van der Waals surface area contributed by atoms with Crippen LogP contribution >= 0.6 is 35.3 Å². The first-order chi connectivity index (χ1) is 8.27. The number of rotatable bonds is 4. The van der Waals surface area contributed by atoms with E-state index in [-0.39, 0.29) is 0 Å². The van der Waals surface area contributed by atoms with Gasteiger partial charge >= 0.3 is 0 Å². The van der Waals surface area contributed by atoms with Gasteiger partial charge in [0.15, 0.2) is 0 Å². The molecule has 0 aliphatic heterocycles. The third-order valence-corrected chi connectivity index (χ3v) is 3.37. The highest BCUT2D eigenvalue weighted by molar-refractivity contribution is 8.01. The van der Waals surface area contributed by atoms with E-state index in [4.69, 9.17) is 23.2 Å². The molecule has 0 spiro atoms. The summed E-state index contributed by atoms with van der Waals surface area (Å²) in [5.41, 5.74) is 1.72. The molecule has 2 nitrogen and oxygen atoms in total. The second kappa shape index (κ2) is 6.05. The molecule has 17 heavy (non-hydrogen) atoms. The summed E-state index contributed by atoms with van der Waals surface area (Å²) >= 11 is 13.3. The van der Waals surface area contributed by atoms with Crippen molar-refractivity contribution in [2.24, 2.45) is 0 Å². The van der Waals surface area contributed by atoms with Crippen LogP contribution in [0.2, 0.25) is 10.0 Å². The number of halogens is 2. The van der Waals surface area contributed by atoms with E-state index in [9.17, 15) is 0 Å². The van der Waals surface area contributed by atoms with Crippen molar-refractivity contribution < 1.29 is 0 Å². The predicted molar refractivity (Wildman–Crippen MR) is 77.7 cm³/mol. The number of benzene rings is 2. The lowest BCUT2D eigenvalue weighted by molar-refractivity contribution is 1.66. The molecule has 2 aromatic carbocycles. The minimum absolute atomic E-state index is 0.681. The highest BCUT2D eigenvalue weighted by Gasteiger charge is 2.00. The molecule has 0 bridgehead atoms. The number of anilines is 2. The van der Waals surface area contributed by atoms with Crippen LogP contribution in [0.5, 0.6) is 0 Å². The molecule has 0 atom stereocenters. The van der Waals surface area contributed by atoms with E-state index in [1.165, 1.54) is 12.1 Å². The minimum Gasteiger partial charge on any atom is -0.311 e. The van der Waals surface area contributed by atoms with Gasteiger partial charge in [0.1, 0.15) is 0 Å². The molecule has 0 saturated heterocycles. The maximum Gasteiger partial charge on any atom is 0.0656 e. The van der Waals surface area contributed by atoms with E-state index in [0.717, 1.165) is 11.4 Å². The van der Waals surface area contributed by atoms with Gasteiger partial charge in [-0.1, -0.05) is 47.5 Å². The van der Waals surface area contributed by atoms with E-state index in [2.05, 4.69) is 9.44 Å². The molecule has 5 heteroatoms. The molecule has 2 rings (SSSR count). The van der Waals surface area contributed by atoms with Crippen molar-refractivity contribution in [3.05, 3.63) is 58.6 Å². The smallest absolute Gasteiger partial charge is 0.0656 e. The van der Waals surface area contributed by atoms with Crippen LogP contribution in [0, 0.1) is 0 Å². The van der Waals surface area contributed by atoms with Gasteiger partial charge in [0, 0.05) is 0 Å². The molecule has 0 saturated carbocycles. The molecule has 0 fully saturated rings. The molecule has 0 heterocycles. The van der Waals surface area contributed by atoms with E-state index in [1.807, 2.05) is 48.5 Å². The Kier molecular flexibility index (Phi) is 4.42. The topological polar surface area (TPSA) is 24.1 Å². The molecule has 0 unspecified atom stereocenters. The van der Waals surface area contributed by atoms with Crippen molar-refractivity contribution in [3.63, 3.8) is 0 Å². The van der Waals surface area contributed by atoms with Crippen molar-refractivity contribution in [1.29, 1.82) is 0 Å². The third-order valence-electron chi connectivity index (χ3n) is 2.07. The standard InChI is InChI=1S/C12H10Cl2N2S/c13-9-5-1-3-7-11(9)15-17-16-12-8-4-2-6-10(12)14/h1-8,15-16H. The molecular formula is C12H10Cl2N2S. The Labute approximate surface area is 115 Å². The highest BCUT2D eigenvalue weighted by Crippen LogP contribution is 2.26. The lowest BCUT2D eigenvalue weighted by atomic mass is 10.3. The van der Waals surface area contributed by atoms with E-state index < -0.39 is 0 Å².